The van der Waals surface area contributed by atoms with E-state index in [1.54, 1.807) is 64.3 Å². The van der Waals surface area contributed by atoms with Crippen LogP contribution in [0.1, 0.15) is 39.0 Å². The highest BCUT2D eigenvalue weighted by Crippen LogP contribution is 2.35. The molecule has 9 nitrogen and oxygen atoms in total. The third-order valence-electron chi connectivity index (χ3n) is 6.83. The van der Waals surface area contributed by atoms with Crippen LogP contribution in [-0.4, -0.2) is 47.3 Å². The Bertz CT molecular complexity index is 1670. The Labute approximate surface area is 228 Å². The predicted octanol–water partition coefficient (Wildman–Crippen LogP) is 4.07. The van der Waals surface area contributed by atoms with Crippen LogP contribution in [0.3, 0.4) is 0 Å². The van der Waals surface area contributed by atoms with Gasteiger partial charge in [-0.1, -0.05) is 48.0 Å². The number of hydrogen-bond acceptors (Lipinski definition) is 7. The maximum Gasteiger partial charge on any atom is 0.242 e. The van der Waals surface area contributed by atoms with Gasteiger partial charge in [0.25, 0.3) is 0 Å². The van der Waals surface area contributed by atoms with Crippen molar-refractivity contribution in [1.82, 2.24) is 24.5 Å². The van der Waals surface area contributed by atoms with Gasteiger partial charge in [0.1, 0.15) is 12.6 Å². The quantitative estimate of drug-likeness (QED) is 0.313. The van der Waals surface area contributed by atoms with Crippen molar-refractivity contribution in [2.24, 2.45) is 0 Å². The molecule has 0 saturated carbocycles. The summed E-state index contributed by atoms with van der Waals surface area (Å²) in [4.78, 5) is 37.0. The fraction of sp³-hybridized carbons (Fsp3) is 0.138. The Balaban J connectivity index is 1.31. The topological polar surface area (TPSA) is 113 Å². The van der Waals surface area contributed by atoms with Crippen molar-refractivity contribution in [3.05, 3.63) is 124 Å². The number of halogens is 1. The summed E-state index contributed by atoms with van der Waals surface area (Å²) in [5.41, 5.74) is 4.00. The molecule has 0 spiro atoms. The summed E-state index contributed by atoms with van der Waals surface area (Å²) in [6.07, 6.45) is 4.03. The van der Waals surface area contributed by atoms with Gasteiger partial charge < -0.3 is 10.4 Å². The first-order valence-electron chi connectivity index (χ1n) is 12.3. The van der Waals surface area contributed by atoms with E-state index in [-0.39, 0.29) is 18.2 Å². The molecular weight excluding hydrogens is 516 g/mol. The molecular formula is C29H23ClN6O3. The third-order valence-corrected chi connectivity index (χ3v) is 7.06. The van der Waals surface area contributed by atoms with E-state index in [0.717, 1.165) is 11.3 Å². The summed E-state index contributed by atoms with van der Waals surface area (Å²) in [7, 11) is 0. The number of nitrogens with zero attached hydrogens (tertiary/aromatic N) is 5. The number of fused-ring (bicyclic) bond motifs is 2. The number of aliphatic hydroxyl groups excluding tert-OH is 1. The van der Waals surface area contributed by atoms with Gasteiger partial charge in [-0.3, -0.25) is 19.5 Å². The number of rotatable bonds is 6. The van der Waals surface area contributed by atoms with Crippen LogP contribution >= 0.6 is 11.6 Å². The van der Waals surface area contributed by atoms with E-state index in [4.69, 9.17) is 11.6 Å². The molecule has 4 heterocycles. The van der Waals surface area contributed by atoms with E-state index in [9.17, 15) is 14.7 Å². The van der Waals surface area contributed by atoms with Crippen LogP contribution in [0.15, 0.2) is 91.5 Å². The molecule has 0 fully saturated rings. The number of ketones is 1. The Hall–Kier alpha value is -4.44. The van der Waals surface area contributed by atoms with Crippen LogP contribution < -0.4 is 5.32 Å². The fourth-order valence-corrected chi connectivity index (χ4v) is 5.03. The van der Waals surface area contributed by atoms with E-state index < -0.39 is 12.3 Å². The predicted molar refractivity (Wildman–Crippen MR) is 145 cm³/mol. The van der Waals surface area contributed by atoms with E-state index in [1.807, 2.05) is 30.3 Å². The van der Waals surface area contributed by atoms with Crippen LogP contribution in [0, 0.1) is 0 Å². The maximum atomic E-state index is 13.4. The molecule has 0 saturated heterocycles. The minimum Gasteiger partial charge on any atom is -0.374 e. The first-order valence-corrected chi connectivity index (χ1v) is 12.7. The standard InChI is InChI=1S/C29H23ClN6O3/c30-20-10-11-22-24(14-20)34-28(38)25(15-21-4-1-2-12-31-21)35(29(22)39)16-18-6-8-19(9-7-18)26(37)23-5-3-13-36-27(23)32-17-33-36/h1-14,17,25,29,39H,15-16H2,(H,34,38)/t25-,29?/m1/s1. The number of amides is 1. The van der Waals surface area contributed by atoms with Gasteiger partial charge >= 0.3 is 0 Å². The van der Waals surface area contributed by atoms with Gasteiger partial charge in [0.05, 0.1) is 11.6 Å². The second kappa shape index (κ2) is 10.4. The Kier molecular flexibility index (Phi) is 6.62. The molecule has 2 N–H and O–H groups in total. The Morgan fingerprint density at radius 2 is 1.87 bits per heavy atom. The van der Waals surface area contributed by atoms with Crippen LogP contribution in [0.2, 0.25) is 5.02 Å². The van der Waals surface area contributed by atoms with Crippen molar-refractivity contribution in [1.29, 1.82) is 0 Å². The first kappa shape index (κ1) is 24.9. The van der Waals surface area contributed by atoms with Gasteiger partial charge in [0.2, 0.25) is 5.91 Å². The van der Waals surface area contributed by atoms with Crippen molar-refractivity contribution >= 4 is 34.6 Å². The molecule has 194 valence electrons. The minimum absolute atomic E-state index is 0.173. The summed E-state index contributed by atoms with van der Waals surface area (Å²) in [5.74, 6) is -0.443. The molecule has 5 aromatic rings. The molecule has 2 atom stereocenters. The lowest BCUT2D eigenvalue weighted by Gasteiger charge is -2.32. The molecule has 1 aliphatic heterocycles. The largest absolute Gasteiger partial charge is 0.374 e. The summed E-state index contributed by atoms with van der Waals surface area (Å²) in [6.45, 7) is 0.252. The normalized spacial score (nSPS) is 17.4. The second-order valence-electron chi connectivity index (χ2n) is 9.28. The summed E-state index contributed by atoms with van der Waals surface area (Å²) in [5, 5.41) is 19.0. The summed E-state index contributed by atoms with van der Waals surface area (Å²) in [6, 6.07) is 20.4. The zero-order valence-corrected chi connectivity index (χ0v) is 21.4. The molecule has 3 aromatic heterocycles. The first-order chi connectivity index (χ1) is 19.0. The van der Waals surface area contributed by atoms with Crippen molar-refractivity contribution in [2.75, 3.05) is 5.32 Å². The SMILES string of the molecule is O=C(c1ccc(CN2C(O)c3ccc(Cl)cc3NC(=O)[C@H]2Cc2ccccn2)cc1)c1cccn2ncnc12. The van der Waals surface area contributed by atoms with Crippen molar-refractivity contribution < 1.29 is 14.7 Å². The lowest BCUT2D eigenvalue weighted by molar-refractivity contribution is -0.126. The molecule has 6 rings (SSSR count). The van der Waals surface area contributed by atoms with Gasteiger partial charge in [-0.05, 0) is 42.0 Å². The molecule has 39 heavy (non-hydrogen) atoms. The van der Waals surface area contributed by atoms with Gasteiger partial charge in [0.15, 0.2) is 11.4 Å². The average molecular weight is 539 g/mol. The molecule has 10 heteroatoms. The third kappa shape index (κ3) is 4.90. The highest BCUT2D eigenvalue weighted by Gasteiger charge is 2.36. The van der Waals surface area contributed by atoms with Crippen molar-refractivity contribution in [2.45, 2.75) is 25.2 Å². The number of nitrogens with one attached hydrogen (secondary N) is 1. The van der Waals surface area contributed by atoms with E-state index >= 15 is 0 Å². The molecule has 1 aliphatic rings. The Morgan fingerprint density at radius 3 is 2.67 bits per heavy atom. The minimum atomic E-state index is -1.09. The number of aromatic nitrogens is 4. The van der Waals surface area contributed by atoms with Crippen LogP contribution in [0.4, 0.5) is 5.69 Å². The fourth-order valence-electron chi connectivity index (χ4n) is 4.85. The molecule has 0 radical (unpaired) electrons. The average Bonchev–Trinajstić information content (AvgIpc) is 3.41. The molecule has 1 amide bonds. The molecule has 2 aromatic carbocycles. The van der Waals surface area contributed by atoms with E-state index in [2.05, 4.69) is 20.4 Å². The number of carbonyl (C=O) groups is 2. The number of benzene rings is 2. The highest BCUT2D eigenvalue weighted by atomic mass is 35.5. The van der Waals surface area contributed by atoms with Gasteiger partial charge in [0, 0.05) is 52.9 Å². The highest BCUT2D eigenvalue weighted by molar-refractivity contribution is 6.31. The van der Waals surface area contributed by atoms with Gasteiger partial charge in [-0.2, -0.15) is 5.10 Å². The smallest absolute Gasteiger partial charge is 0.242 e. The van der Waals surface area contributed by atoms with Gasteiger partial charge in [-0.25, -0.2) is 9.50 Å². The maximum absolute atomic E-state index is 13.4. The lowest BCUT2D eigenvalue weighted by Crippen LogP contribution is -2.45. The number of hydrogen-bond donors (Lipinski definition) is 2. The van der Waals surface area contributed by atoms with E-state index in [0.29, 0.717) is 39.5 Å². The van der Waals surface area contributed by atoms with Crippen LogP contribution in [0.25, 0.3) is 5.65 Å². The number of aliphatic hydroxyl groups is 1. The number of anilines is 1. The molecule has 0 aliphatic carbocycles. The van der Waals surface area contributed by atoms with E-state index in [1.165, 1.54) is 6.33 Å². The number of carbonyl (C=O) groups excluding carboxylic acids is 2. The number of pyridine rings is 2. The Morgan fingerprint density at radius 1 is 1.03 bits per heavy atom. The zero-order valence-electron chi connectivity index (χ0n) is 20.6. The van der Waals surface area contributed by atoms with Crippen LogP contribution in [-0.2, 0) is 17.8 Å². The second-order valence-corrected chi connectivity index (χ2v) is 9.72. The molecule has 1 unspecified atom stereocenters. The molecule has 0 bridgehead atoms. The van der Waals surface area contributed by atoms with Crippen molar-refractivity contribution in [3.63, 3.8) is 0 Å². The zero-order chi connectivity index (χ0) is 26.9. The van der Waals surface area contributed by atoms with Gasteiger partial charge in [-0.15, -0.1) is 0 Å². The monoisotopic (exact) mass is 538 g/mol. The van der Waals surface area contributed by atoms with Crippen LogP contribution in [0.5, 0.6) is 0 Å². The summed E-state index contributed by atoms with van der Waals surface area (Å²) < 4.78 is 1.56. The lowest BCUT2D eigenvalue weighted by atomic mass is 10.0. The van der Waals surface area contributed by atoms with Crippen molar-refractivity contribution in [3.8, 4) is 0 Å². The summed E-state index contributed by atoms with van der Waals surface area (Å²) >= 11 is 6.18.